The van der Waals surface area contributed by atoms with Crippen LogP contribution >= 0.6 is 11.8 Å². The van der Waals surface area contributed by atoms with Crippen molar-refractivity contribution in [3.63, 3.8) is 0 Å². The summed E-state index contributed by atoms with van der Waals surface area (Å²) in [5.41, 5.74) is 6.52. The molecule has 378 valence electrons. The highest BCUT2D eigenvalue weighted by Gasteiger charge is 2.56. The molecule has 1 saturated heterocycles. The Morgan fingerprint density at radius 2 is 1.42 bits per heavy atom. The Morgan fingerprint density at radius 3 is 2.04 bits per heavy atom. The molecule has 72 heavy (non-hydrogen) atoms. The molecule has 4 amide bonds. The van der Waals surface area contributed by atoms with E-state index in [0.29, 0.717) is 0 Å². The number of anilines is 1. The van der Waals surface area contributed by atoms with Crippen LogP contribution in [0.15, 0.2) is 127 Å². The fourth-order valence-electron chi connectivity index (χ4n) is 8.67. The van der Waals surface area contributed by atoms with E-state index in [2.05, 4.69) is 21.3 Å². The Hall–Kier alpha value is -7.13. The standard InChI is InChI=1S/C53H56N4O14S/c1-31(58)55-45-43(59)27-53(51(66)68-2,71-47(45)46(61)44(60)28-54-48(62)34-19-17-33(18-20-34)32-11-4-3-5-12-32)70-25-10-26-72-30-42(49(63)56-36-23-21-35(22-24-36)50(64)65)57-52(67)69-29-41-39-15-8-6-13-37(39)38-14-7-9-16-40(38)41/h3-9,11-24,41-47,59-61H,10,25-30H2,1-2H3,(H,54,62)(H,55,58)(H,56,63)(H,57,67)(H,64,65)/t42?,43-,44-,45-,46-,47?,53-/m1/s1. The van der Waals surface area contributed by atoms with E-state index in [0.717, 1.165) is 40.5 Å². The molecule has 5 aromatic carbocycles. The van der Waals surface area contributed by atoms with Crippen molar-refractivity contribution < 1.29 is 68.1 Å². The zero-order valence-electron chi connectivity index (χ0n) is 39.4. The number of amides is 4. The van der Waals surface area contributed by atoms with Gasteiger partial charge in [0.15, 0.2) is 0 Å². The first-order chi connectivity index (χ1) is 34.7. The summed E-state index contributed by atoms with van der Waals surface area (Å²) >= 11 is 1.25. The van der Waals surface area contributed by atoms with Crippen molar-refractivity contribution in [3.05, 3.63) is 150 Å². The molecule has 2 unspecified atom stereocenters. The maximum Gasteiger partial charge on any atom is 0.407 e. The first-order valence-corrected chi connectivity index (χ1v) is 24.3. The molecule has 0 bridgehead atoms. The number of alkyl carbamates (subject to hydrolysis) is 1. The summed E-state index contributed by atoms with van der Waals surface area (Å²) in [7, 11) is 1.07. The Morgan fingerprint density at radius 1 is 0.806 bits per heavy atom. The van der Waals surface area contributed by atoms with Crippen molar-refractivity contribution in [3.8, 4) is 22.3 Å². The van der Waals surface area contributed by atoms with Gasteiger partial charge in [-0.15, -0.1) is 0 Å². The van der Waals surface area contributed by atoms with Crippen LogP contribution in [-0.4, -0.2) is 137 Å². The van der Waals surface area contributed by atoms with Crippen LogP contribution in [0, 0.1) is 0 Å². The number of aromatic carboxylic acids is 1. The predicted octanol–water partition coefficient (Wildman–Crippen LogP) is 4.71. The summed E-state index contributed by atoms with van der Waals surface area (Å²) in [5, 5.41) is 53.8. The summed E-state index contributed by atoms with van der Waals surface area (Å²) in [4.78, 5) is 77.2. The number of carboxylic acid groups (broad SMARTS) is 1. The van der Waals surface area contributed by atoms with Crippen LogP contribution in [0.2, 0.25) is 0 Å². The lowest BCUT2D eigenvalue weighted by Gasteiger charge is -2.47. The van der Waals surface area contributed by atoms with Crippen LogP contribution in [0.25, 0.3) is 22.3 Å². The molecule has 8 N–H and O–H groups in total. The lowest BCUT2D eigenvalue weighted by Crippen LogP contribution is -2.68. The normalized spacial score (nSPS) is 19.3. The van der Waals surface area contributed by atoms with Gasteiger partial charge < -0.3 is 60.6 Å². The van der Waals surface area contributed by atoms with Crippen LogP contribution in [0.3, 0.4) is 0 Å². The Balaban J connectivity index is 0.965. The van der Waals surface area contributed by atoms with Crippen LogP contribution in [0.4, 0.5) is 10.5 Å². The topological polar surface area (TPSA) is 268 Å². The van der Waals surface area contributed by atoms with E-state index in [1.165, 1.54) is 43.0 Å². The minimum Gasteiger partial charge on any atom is -0.478 e. The number of rotatable bonds is 21. The van der Waals surface area contributed by atoms with Gasteiger partial charge in [-0.25, -0.2) is 14.4 Å². The van der Waals surface area contributed by atoms with Gasteiger partial charge >= 0.3 is 18.0 Å². The van der Waals surface area contributed by atoms with E-state index in [1.54, 1.807) is 24.3 Å². The van der Waals surface area contributed by atoms with Crippen molar-refractivity contribution in [2.24, 2.45) is 0 Å². The van der Waals surface area contributed by atoms with E-state index in [1.807, 2.05) is 78.9 Å². The number of ether oxygens (including phenoxy) is 4. The highest BCUT2D eigenvalue weighted by Crippen LogP contribution is 2.44. The fourth-order valence-corrected chi connectivity index (χ4v) is 9.63. The smallest absolute Gasteiger partial charge is 0.407 e. The van der Waals surface area contributed by atoms with Crippen molar-refractivity contribution in [2.45, 2.75) is 68.0 Å². The minimum atomic E-state index is -2.33. The molecule has 0 spiro atoms. The second-order valence-electron chi connectivity index (χ2n) is 17.2. The molecule has 1 heterocycles. The number of hydrogen-bond donors (Lipinski definition) is 8. The molecule has 1 aliphatic carbocycles. The molecule has 0 radical (unpaired) electrons. The summed E-state index contributed by atoms with van der Waals surface area (Å²) in [6.45, 7) is 0.486. The third-order valence-corrected chi connectivity index (χ3v) is 13.4. The summed E-state index contributed by atoms with van der Waals surface area (Å²) in [6.07, 6.45) is -8.04. The number of carboxylic acids is 1. The van der Waals surface area contributed by atoms with E-state index in [4.69, 9.17) is 18.9 Å². The van der Waals surface area contributed by atoms with Gasteiger partial charge in [0.2, 0.25) is 11.8 Å². The predicted molar refractivity (Wildman–Crippen MR) is 266 cm³/mol. The SMILES string of the molecule is COC(=O)[C@@]1(OCCCSCC(NC(=O)OCC2c3ccccc3-c3ccccc32)C(=O)Nc2ccc(C(=O)O)cc2)C[C@@H](O)[C@@H](NC(C)=O)C([C@H](O)[C@H](O)CNC(=O)c2ccc(-c3ccccc3)cc2)O1. The molecular weight excluding hydrogens is 949 g/mol. The van der Waals surface area contributed by atoms with Gasteiger partial charge in [-0.1, -0.05) is 91.0 Å². The molecular formula is C53H56N4O14S. The van der Waals surface area contributed by atoms with E-state index < -0.39 is 91.0 Å². The van der Waals surface area contributed by atoms with Gasteiger partial charge in [-0.05, 0) is 82.0 Å². The number of carbonyl (C=O) groups is 6. The number of aliphatic hydroxyl groups is 3. The number of hydrogen-bond acceptors (Lipinski definition) is 14. The van der Waals surface area contributed by atoms with E-state index in [-0.39, 0.29) is 53.9 Å². The first-order valence-electron chi connectivity index (χ1n) is 23.2. The minimum absolute atomic E-state index is 0.00216. The highest BCUT2D eigenvalue weighted by molar-refractivity contribution is 7.99. The van der Waals surface area contributed by atoms with Gasteiger partial charge in [0.05, 0.1) is 37.5 Å². The lowest BCUT2D eigenvalue weighted by atomic mass is 9.88. The first kappa shape index (κ1) is 52.7. The second-order valence-corrected chi connectivity index (χ2v) is 18.4. The molecule has 18 nitrogen and oxygen atoms in total. The van der Waals surface area contributed by atoms with Gasteiger partial charge in [-0.3, -0.25) is 14.4 Å². The van der Waals surface area contributed by atoms with Gasteiger partial charge in [0.25, 0.3) is 11.7 Å². The molecule has 1 fully saturated rings. The largest absolute Gasteiger partial charge is 0.478 e. The molecule has 2 aliphatic rings. The van der Waals surface area contributed by atoms with Crippen molar-refractivity contribution >= 4 is 53.2 Å². The van der Waals surface area contributed by atoms with Gasteiger partial charge in [0, 0.05) is 42.8 Å². The quantitative estimate of drug-likeness (QED) is 0.0365. The average Bonchev–Trinajstić information content (AvgIpc) is 3.71. The lowest BCUT2D eigenvalue weighted by molar-refractivity contribution is -0.311. The summed E-state index contributed by atoms with van der Waals surface area (Å²) in [6, 6.07) is 35.0. The third-order valence-electron chi connectivity index (χ3n) is 12.3. The maximum atomic E-state index is 13.7. The van der Waals surface area contributed by atoms with E-state index in [9.17, 15) is 49.2 Å². The molecule has 0 aromatic heterocycles. The van der Waals surface area contributed by atoms with Crippen molar-refractivity contribution in [2.75, 3.05) is 43.7 Å². The zero-order chi connectivity index (χ0) is 51.4. The number of fused-ring (bicyclic) bond motifs is 3. The number of benzene rings is 5. The molecule has 7 atom stereocenters. The third kappa shape index (κ3) is 12.8. The van der Waals surface area contributed by atoms with Crippen molar-refractivity contribution in [1.29, 1.82) is 0 Å². The number of carbonyl (C=O) groups excluding carboxylic acids is 5. The van der Waals surface area contributed by atoms with Crippen molar-refractivity contribution in [1.82, 2.24) is 16.0 Å². The maximum absolute atomic E-state index is 13.7. The molecule has 0 saturated carbocycles. The Bertz CT molecular complexity index is 2660. The number of methoxy groups -OCH3 is 1. The second kappa shape index (κ2) is 24.3. The molecule has 19 heteroatoms. The Labute approximate surface area is 419 Å². The average molecular weight is 1010 g/mol. The summed E-state index contributed by atoms with van der Waals surface area (Å²) < 4.78 is 22.8. The Kier molecular flexibility index (Phi) is 17.8. The molecule has 7 rings (SSSR count). The van der Waals surface area contributed by atoms with Crippen LogP contribution in [0.5, 0.6) is 0 Å². The number of thioether (sulfide) groups is 1. The van der Waals surface area contributed by atoms with Crippen LogP contribution in [-0.2, 0) is 33.3 Å². The van der Waals surface area contributed by atoms with Gasteiger partial charge in [-0.2, -0.15) is 11.8 Å². The van der Waals surface area contributed by atoms with Crippen LogP contribution in [0.1, 0.15) is 57.5 Å². The zero-order valence-corrected chi connectivity index (χ0v) is 40.2. The summed E-state index contributed by atoms with van der Waals surface area (Å²) in [5.74, 6) is -6.23. The highest BCUT2D eigenvalue weighted by atomic mass is 32.2. The molecule has 5 aromatic rings. The number of aliphatic hydroxyl groups excluding tert-OH is 3. The number of esters is 1. The van der Waals surface area contributed by atoms with Gasteiger partial charge in [0.1, 0.15) is 24.9 Å². The van der Waals surface area contributed by atoms with Crippen LogP contribution < -0.4 is 21.3 Å². The number of nitrogens with one attached hydrogen (secondary N) is 4. The molecule has 1 aliphatic heterocycles. The fraction of sp³-hybridized carbons (Fsp3) is 0.321. The van der Waals surface area contributed by atoms with E-state index >= 15 is 0 Å². The monoisotopic (exact) mass is 1000 g/mol.